The van der Waals surface area contributed by atoms with E-state index in [4.69, 9.17) is 10.5 Å². The molecule has 4 rings (SSSR count). The molecule has 1 aromatic carbocycles. The summed E-state index contributed by atoms with van der Waals surface area (Å²) in [6.45, 7) is 1.96. The van der Waals surface area contributed by atoms with Crippen molar-refractivity contribution in [2.75, 3.05) is 13.7 Å². The molecule has 0 bridgehead atoms. The van der Waals surface area contributed by atoms with Gasteiger partial charge in [0, 0.05) is 31.6 Å². The summed E-state index contributed by atoms with van der Waals surface area (Å²) >= 11 is 0. The smallest absolute Gasteiger partial charge is 0.267 e. The zero-order valence-corrected chi connectivity index (χ0v) is 17.3. The number of aryl methyl sites for hydroxylation is 1. The van der Waals surface area contributed by atoms with E-state index in [1.54, 1.807) is 18.3 Å². The maximum absolute atomic E-state index is 14.9. The molecule has 1 unspecified atom stereocenters. The summed E-state index contributed by atoms with van der Waals surface area (Å²) in [5.41, 5.74) is 4.76. The maximum atomic E-state index is 14.9. The molecule has 3 heterocycles. The normalized spacial score (nSPS) is 25.0. The van der Waals surface area contributed by atoms with Crippen LogP contribution in [0.25, 0.3) is 0 Å². The lowest BCUT2D eigenvalue weighted by atomic mass is 9.87. The molecule has 0 amide bonds. The largest absolute Gasteiger partial charge is 0.369 e. The minimum Gasteiger partial charge on any atom is -0.369 e. The number of halogens is 1. The van der Waals surface area contributed by atoms with Crippen molar-refractivity contribution in [1.82, 2.24) is 9.29 Å². The number of aromatic nitrogens is 1. The van der Waals surface area contributed by atoms with Crippen LogP contribution in [0.5, 0.6) is 0 Å². The molecule has 30 heavy (non-hydrogen) atoms. The van der Waals surface area contributed by atoms with Gasteiger partial charge in [-0.3, -0.25) is 9.78 Å². The summed E-state index contributed by atoms with van der Waals surface area (Å²) in [6.07, 6.45) is 1.74. The second-order valence-corrected chi connectivity index (χ2v) is 9.50. The number of ether oxygens (including phenoxy) is 1. The predicted octanol–water partition coefficient (Wildman–Crippen LogP) is 1.49. The summed E-state index contributed by atoms with van der Waals surface area (Å²) in [7, 11) is -2.71. The molecule has 2 N–H and O–H groups in total. The molecule has 1 aromatic heterocycles. The number of benzene rings is 1. The number of sulfonamides is 1. The van der Waals surface area contributed by atoms with Crippen LogP contribution >= 0.6 is 0 Å². The van der Waals surface area contributed by atoms with Gasteiger partial charge in [0.1, 0.15) is 17.1 Å². The average Bonchev–Trinajstić information content (AvgIpc) is 3.14. The van der Waals surface area contributed by atoms with Gasteiger partial charge in [-0.1, -0.05) is 12.1 Å². The second kappa shape index (κ2) is 7.13. The number of carbonyl (C=O) groups is 1. The maximum Gasteiger partial charge on any atom is 0.267 e. The first-order chi connectivity index (χ1) is 14.1. The molecule has 1 fully saturated rings. The zero-order chi connectivity index (χ0) is 21.7. The van der Waals surface area contributed by atoms with Gasteiger partial charge >= 0.3 is 0 Å². The summed E-state index contributed by atoms with van der Waals surface area (Å²) < 4.78 is 46.9. The Labute approximate surface area is 173 Å². The van der Waals surface area contributed by atoms with Gasteiger partial charge < -0.3 is 10.5 Å². The summed E-state index contributed by atoms with van der Waals surface area (Å²) in [5, 5.41) is 0. The lowest BCUT2D eigenvalue weighted by Crippen LogP contribution is -2.55. The molecule has 0 radical (unpaired) electrons. The van der Waals surface area contributed by atoms with Gasteiger partial charge in [0.2, 0.25) is 11.4 Å². The highest BCUT2D eigenvalue weighted by atomic mass is 32.2. The molecule has 0 aliphatic carbocycles. The van der Waals surface area contributed by atoms with E-state index in [0.29, 0.717) is 11.3 Å². The Morgan fingerprint density at radius 3 is 2.83 bits per heavy atom. The van der Waals surface area contributed by atoms with Gasteiger partial charge in [0.15, 0.2) is 5.78 Å². The van der Waals surface area contributed by atoms with E-state index in [-0.39, 0.29) is 36.8 Å². The van der Waals surface area contributed by atoms with E-state index in [9.17, 15) is 17.6 Å². The zero-order valence-electron chi connectivity index (χ0n) is 16.5. The fraction of sp³-hybridized carbons (Fsp3) is 0.350. The van der Waals surface area contributed by atoms with Crippen LogP contribution in [-0.4, -0.2) is 48.5 Å². The van der Waals surface area contributed by atoms with Crippen LogP contribution in [0.3, 0.4) is 0 Å². The third-order valence-electron chi connectivity index (χ3n) is 5.49. The Balaban J connectivity index is 1.75. The minimum atomic E-state index is -3.98. The third-order valence-corrected chi connectivity index (χ3v) is 7.51. The lowest BCUT2D eigenvalue weighted by Gasteiger charge is -2.38. The molecule has 158 valence electrons. The molecule has 2 atom stereocenters. The number of aliphatic imine (C=N–C) groups is 1. The number of ketones is 1. The van der Waals surface area contributed by atoms with Gasteiger partial charge in [-0.15, -0.1) is 0 Å². The van der Waals surface area contributed by atoms with E-state index >= 15 is 0 Å². The van der Waals surface area contributed by atoms with Crippen LogP contribution in [0.15, 0.2) is 41.5 Å². The van der Waals surface area contributed by atoms with Crippen molar-refractivity contribution in [3.8, 4) is 0 Å². The molecule has 2 aromatic rings. The van der Waals surface area contributed by atoms with Crippen LogP contribution in [0.4, 0.5) is 4.39 Å². The van der Waals surface area contributed by atoms with Crippen molar-refractivity contribution in [1.29, 1.82) is 0 Å². The number of nitrogens with two attached hydrogens (primary N) is 1. The first-order valence-corrected chi connectivity index (χ1v) is 10.8. The number of guanidine groups is 1. The van der Waals surface area contributed by atoms with E-state index in [1.165, 1.54) is 25.2 Å². The topological polar surface area (TPSA) is 115 Å². The molecular weight excluding hydrogens is 411 g/mol. The number of pyridine rings is 1. The van der Waals surface area contributed by atoms with Crippen molar-refractivity contribution in [2.45, 2.75) is 30.7 Å². The lowest BCUT2D eigenvalue weighted by molar-refractivity contribution is 0.0988. The van der Waals surface area contributed by atoms with Crippen LogP contribution in [0, 0.1) is 12.7 Å². The molecule has 10 heteroatoms. The third kappa shape index (κ3) is 3.16. The van der Waals surface area contributed by atoms with Gasteiger partial charge in [0.05, 0.1) is 6.61 Å². The van der Waals surface area contributed by atoms with Gasteiger partial charge in [-0.25, -0.2) is 22.1 Å². The van der Waals surface area contributed by atoms with E-state index in [1.807, 2.05) is 6.92 Å². The summed E-state index contributed by atoms with van der Waals surface area (Å²) in [6, 6.07) is 7.59. The van der Waals surface area contributed by atoms with Gasteiger partial charge in [0.25, 0.3) is 10.0 Å². The predicted molar refractivity (Wildman–Crippen MR) is 108 cm³/mol. The van der Waals surface area contributed by atoms with Gasteiger partial charge in [-0.2, -0.15) is 0 Å². The fourth-order valence-electron chi connectivity index (χ4n) is 3.81. The Bertz CT molecular complexity index is 1150. The number of Topliss-reactive ketones (excluding diaryl/α,β-unsaturated/α-hetero) is 1. The number of nitrogens with zero attached hydrogens (tertiary/aromatic N) is 3. The molecule has 1 saturated heterocycles. The summed E-state index contributed by atoms with van der Waals surface area (Å²) in [4.78, 5) is 21.1. The van der Waals surface area contributed by atoms with Crippen molar-refractivity contribution >= 4 is 21.8 Å². The van der Waals surface area contributed by atoms with Crippen LogP contribution < -0.4 is 5.73 Å². The number of carbonyl (C=O) groups excluding carboxylic acids is 1. The van der Waals surface area contributed by atoms with Gasteiger partial charge in [-0.05, 0) is 36.2 Å². The van der Waals surface area contributed by atoms with E-state index in [0.717, 1.165) is 9.87 Å². The Morgan fingerprint density at radius 2 is 2.13 bits per heavy atom. The molecule has 0 saturated carbocycles. The van der Waals surface area contributed by atoms with Crippen LogP contribution in [0.1, 0.15) is 33.6 Å². The Kier molecular flexibility index (Phi) is 4.86. The highest BCUT2D eigenvalue weighted by Crippen LogP contribution is 2.46. The highest BCUT2D eigenvalue weighted by molar-refractivity contribution is 7.90. The molecular formula is C20H21FN4O4S. The molecule has 8 nitrogen and oxygen atoms in total. The fourth-order valence-corrected chi connectivity index (χ4v) is 5.46. The molecule has 0 spiro atoms. The number of hydrogen-bond donors (Lipinski definition) is 1. The number of hydrogen-bond acceptors (Lipinski definition) is 7. The van der Waals surface area contributed by atoms with E-state index in [2.05, 4.69) is 9.98 Å². The summed E-state index contributed by atoms with van der Waals surface area (Å²) in [5.74, 6) is -1.10. The number of rotatable bonds is 4. The van der Waals surface area contributed by atoms with Crippen LogP contribution in [-0.2, 0) is 26.7 Å². The number of fused-ring (bicyclic) bond motifs is 1. The minimum absolute atomic E-state index is 0.0171. The average molecular weight is 432 g/mol. The molecule has 2 aliphatic rings. The first-order valence-electron chi connectivity index (χ1n) is 9.34. The van der Waals surface area contributed by atoms with Crippen LogP contribution in [0.2, 0.25) is 0 Å². The van der Waals surface area contributed by atoms with Crippen molar-refractivity contribution in [3.05, 3.63) is 64.7 Å². The van der Waals surface area contributed by atoms with Crippen molar-refractivity contribution in [2.24, 2.45) is 10.7 Å². The Morgan fingerprint density at radius 1 is 1.37 bits per heavy atom. The Hall–Kier alpha value is -2.85. The first kappa shape index (κ1) is 20.4. The highest BCUT2D eigenvalue weighted by Gasteiger charge is 2.58. The second-order valence-electron chi connectivity index (χ2n) is 7.49. The van der Waals surface area contributed by atoms with Crippen molar-refractivity contribution < 1.29 is 22.3 Å². The monoisotopic (exact) mass is 432 g/mol. The standard InChI is InChI=1S/C20H21FN4O4S/c1-12-3-6-16(23-11-12)17(26)10-13-4-5-15(21)14(9-13)20-7-8-29-18(20)30(27,28)25(2)19(22)24-20/h3-6,9,11,18H,7-8,10H2,1-2H3,(H2,22,24)/t18?,20-/m1/s1. The SMILES string of the molecule is Cc1ccc(C(=O)Cc2ccc(F)c([C@]34CCOC3S(=O)(=O)N(C)C(N)=N4)c2)nc1. The molecule has 2 aliphatic heterocycles. The van der Waals surface area contributed by atoms with Crippen molar-refractivity contribution in [3.63, 3.8) is 0 Å². The quantitative estimate of drug-likeness (QED) is 0.732. The van der Waals surface area contributed by atoms with E-state index < -0.39 is 26.8 Å².